The SMILES string of the molecule is CN1CCN(c2ccc(CCCc3ncc4cc5n(c4n3)C3(CCCCC3)CNC5=O)nc2)CC1. The highest BCUT2D eigenvalue weighted by Gasteiger charge is 2.41. The van der Waals surface area contributed by atoms with Crippen molar-refractivity contribution in [3.8, 4) is 0 Å². The van der Waals surface area contributed by atoms with E-state index in [1.54, 1.807) is 0 Å². The number of nitrogens with zero attached hydrogens (tertiary/aromatic N) is 6. The maximum Gasteiger partial charge on any atom is 0.268 e. The van der Waals surface area contributed by atoms with Gasteiger partial charge in [0.15, 0.2) is 0 Å². The second-order valence-electron chi connectivity index (χ2n) is 10.5. The Hall–Kier alpha value is -3.00. The van der Waals surface area contributed by atoms with E-state index in [9.17, 15) is 4.79 Å². The number of likely N-dealkylation sites (N-methyl/N-ethyl adjacent to an activating group) is 1. The zero-order valence-corrected chi connectivity index (χ0v) is 20.7. The minimum absolute atomic E-state index is 0.00634. The van der Waals surface area contributed by atoms with Gasteiger partial charge in [-0.2, -0.15) is 0 Å². The summed E-state index contributed by atoms with van der Waals surface area (Å²) in [4.78, 5) is 31.8. The van der Waals surface area contributed by atoms with Gasteiger partial charge in [-0.3, -0.25) is 9.78 Å². The Bertz CT molecular complexity index is 1200. The van der Waals surface area contributed by atoms with E-state index in [1.807, 2.05) is 18.5 Å². The molecule has 3 aromatic heterocycles. The summed E-state index contributed by atoms with van der Waals surface area (Å²) in [6, 6.07) is 6.33. The van der Waals surface area contributed by atoms with Crippen LogP contribution in [0.25, 0.3) is 11.0 Å². The fourth-order valence-corrected chi connectivity index (χ4v) is 6.06. The minimum Gasteiger partial charge on any atom is -0.368 e. The summed E-state index contributed by atoms with van der Waals surface area (Å²) in [6.07, 6.45) is 12.4. The second-order valence-corrected chi connectivity index (χ2v) is 10.5. The lowest BCUT2D eigenvalue weighted by Crippen LogP contribution is -2.52. The number of nitrogens with one attached hydrogen (secondary N) is 1. The van der Waals surface area contributed by atoms with Crippen molar-refractivity contribution in [2.75, 3.05) is 44.7 Å². The highest BCUT2D eigenvalue weighted by Crippen LogP contribution is 2.40. The first-order valence-electron chi connectivity index (χ1n) is 13.2. The van der Waals surface area contributed by atoms with Crippen LogP contribution in [-0.4, -0.2) is 70.1 Å². The monoisotopic (exact) mass is 473 g/mol. The van der Waals surface area contributed by atoms with Crippen LogP contribution in [0.3, 0.4) is 0 Å². The molecule has 0 radical (unpaired) electrons. The van der Waals surface area contributed by atoms with E-state index in [-0.39, 0.29) is 11.4 Å². The van der Waals surface area contributed by atoms with Gasteiger partial charge >= 0.3 is 0 Å². The van der Waals surface area contributed by atoms with Crippen LogP contribution in [0.2, 0.25) is 0 Å². The number of piperazine rings is 1. The van der Waals surface area contributed by atoms with Gasteiger partial charge in [-0.05, 0) is 50.9 Å². The van der Waals surface area contributed by atoms with Gasteiger partial charge in [0.25, 0.3) is 5.91 Å². The number of carbonyl (C=O) groups is 1. The number of rotatable bonds is 5. The Labute approximate surface area is 206 Å². The molecule has 1 N–H and O–H groups in total. The molecule has 6 rings (SSSR count). The van der Waals surface area contributed by atoms with Gasteiger partial charge < -0.3 is 19.7 Å². The number of anilines is 1. The summed E-state index contributed by atoms with van der Waals surface area (Å²) in [5.41, 5.74) is 3.96. The normalized spacial score (nSPS) is 20.3. The number of carbonyl (C=O) groups excluding carboxylic acids is 1. The third-order valence-electron chi connectivity index (χ3n) is 8.17. The lowest BCUT2D eigenvalue weighted by molar-refractivity contribution is 0.0833. The fraction of sp³-hybridized carbons (Fsp3) is 0.556. The molecule has 5 heterocycles. The van der Waals surface area contributed by atoms with E-state index in [0.717, 1.165) is 86.5 Å². The number of pyridine rings is 1. The number of hydrogen-bond acceptors (Lipinski definition) is 6. The third-order valence-corrected chi connectivity index (χ3v) is 8.17. The minimum atomic E-state index is -0.0374. The van der Waals surface area contributed by atoms with Crippen molar-refractivity contribution >= 4 is 22.6 Å². The van der Waals surface area contributed by atoms with Crippen molar-refractivity contribution in [3.05, 3.63) is 47.8 Å². The fourth-order valence-electron chi connectivity index (χ4n) is 6.06. The van der Waals surface area contributed by atoms with Gasteiger partial charge in [0.2, 0.25) is 0 Å². The van der Waals surface area contributed by atoms with Gasteiger partial charge in [0.1, 0.15) is 17.2 Å². The maximum atomic E-state index is 12.6. The van der Waals surface area contributed by atoms with E-state index >= 15 is 0 Å². The van der Waals surface area contributed by atoms with E-state index < -0.39 is 0 Å². The number of aromatic nitrogens is 4. The molecule has 1 saturated heterocycles. The molecule has 0 atom stereocenters. The van der Waals surface area contributed by atoms with E-state index in [1.165, 1.54) is 24.9 Å². The predicted molar refractivity (Wildman–Crippen MR) is 137 cm³/mol. The van der Waals surface area contributed by atoms with Gasteiger partial charge in [-0.15, -0.1) is 0 Å². The standard InChI is InChI=1S/C27H35N7O/c1-32-12-14-33(15-13-32)22-9-8-21(28-18-22)6-5-7-24-29-17-20-16-23-26(35)30-19-27(10-3-2-4-11-27)34(23)25(20)31-24/h8-9,16-18H,2-7,10-15,19H2,1H3,(H,30,35). The van der Waals surface area contributed by atoms with Crippen LogP contribution in [-0.2, 0) is 18.4 Å². The van der Waals surface area contributed by atoms with E-state index in [4.69, 9.17) is 9.97 Å². The van der Waals surface area contributed by atoms with Gasteiger partial charge in [0.05, 0.1) is 17.4 Å². The predicted octanol–water partition coefficient (Wildman–Crippen LogP) is 3.16. The highest BCUT2D eigenvalue weighted by molar-refractivity contribution is 5.99. The average molecular weight is 474 g/mol. The van der Waals surface area contributed by atoms with Crippen LogP contribution in [0, 0.1) is 0 Å². The molecule has 0 unspecified atom stereocenters. The number of amides is 1. The van der Waals surface area contributed by atoms with Crippen LogP contribution in [0.15, 0.2) is 30.6 Å². The third kappa shape index (κ3) is 4.29. The molecule has 0 aromatic carbocycles. The molecule has 2 fully saturated rings. The summed E-state index contributed by atoms with van der Waals surface area (Å²) in [7, 11) is 2.18. The van der Waals surface area contributed by atoms with Crippen LogP contribution >= 0.6 is 0 Å². The first-order chi connectivity index (χ1) is 17.1. The van der Waals surface area contributed by atoms with Gasteiger partial charge in [-0.25, -0.2) is 9.97 Å². The molecular weight excluding hydrogens is 438 g/mol. The Morgan fingerprint density at radius 2 is 1.83 bits per heavy atom. The molecule has 1 amide bonds. The van der Waals surface area contributed by atoms with Crippen molar-refractivity contribution in [1.29, 1.82) is 0 Å². The first-order valence-corrected chi connectivity index (χ1v) is 13.2. The molecule has 8 heteroatoms. The molecule has 0 bridgehead atoms. The van der Waals surface area contributed by atoms with Crippen molar-refractivity contribution in [2.24, 2.45) is 0 Å². The smallest absolute Gasteiger partial charge is 0.268 e. The molecule has 3 aliphatic rings. The summed E-state index contributed by atoms with van der Waals surface area (Å²) < 4.78 is 2.25. The Morgan fingerprint density at radius 3 is 2.60 bits per heavy atom. The number of hydrogen-bond donors (Lipinski definition) is 1. The molecule has 3 aromatic rings. The average Bonchev–Trinajstić information content (AvgIpc) is 3.29. The van der Waals surface area contributed by atoms with Crippen molar-refractivity contribution < 1.29 is 4.79 Å². The van der Waals surface area contributed by atoms with Crippen LogP contribution in [0.4, 0.5) is 5.69 Å². The summed E-state index contributed by atoms with van der Waals surface area (Å²) in [6.45, 7) is 5.02. The molecule has 2 aliphatic heterocycles. The zero-order valence-electron chi connectivity index (χ0n) is 20.7. The van der Waals surface area contributed by atoms with Crippen molar-refractivity contribution in [3.63, 3.8) is 0 Å². The molecular formula is C27H35N7O. The van der Waals surface area contributed by atoms with Crippen LogP contribution in [0.5, 0.6) is 0 Å². The largest absolute Gasteiger partial charge is 0.368 e. The van der Waals surface area contributed by atoms with Gasteiger partial charge in [0, 0.05) is 56.4 Å². The van der Waals surface area contributed by atoms with Crippen molar-refractivity contribution in [2.45, 2.75) is 56.9 Å². The molecule has 1 spiro atoms. The summed E-state index contributed by atoms with van der Waals surface area (Å²) in [5, 5.41) is 4.10. The lowest BCUT2D eigenvalue weighted by atomic mass is 9.80. The first kappa shape index (κ1) is 22.5. The number of aryl methyl sites for hydroxylation is 2. The van der Waals surface area contributed by atoms with Gasteiger partial charge in [-0.1, -0.05) is 19.3 Å². The molecule has 35 heavy (non-hydrogen) atoms. The topological polar surface area (TPSA) is 79.2 Å². The van der Waals surface area contributed by atoms with Crippen LogP contribution in [0.1, 0.15) is 60.5 Å². The maximum absolute atomic E-state index is 12.6. The highest BCUT2D eigenvalue weighted by atomic mass is 16.2. The zero-order chi connectivity index (χ0) is 23.8. The summed E-state index contributed by atoms with van der Waals surface area (Å²) in [5.74, 6) is 0.858. The number of fused-ring (bicyclic) bond motifs is 4. The molecule has 184 valence electrons. The van der Waals surface area contributed by atoms with E-state index in [2.05, 4.69) is 43.8 Å². The van der Waals surface area contributed by atoms with E-state index in [0.29, 0.717) is 6.54 Å². The Balaban J connectivity index is 1.15. The molecule has 1 aliphatic carbocycles. The Morgan fingerprint density at radius 1 is 1.00 bits per heavy atom. The molecule has 1 saturated carbocycles. The molecule has 8 nitrogen and oxygen atoms in total. The summed E-state index contributed by atoms with van der Waals surface area (Å²) >= 11 is 0. The van der Waals surface area contributed by atoms with Crippen molar-refractivity contribution in [1.82, 2.24) is 29.7 Å². The van der Waals surface area contributed by atoms with Crippen LogP contribution < -0.4 is 10.2 Å². The second kappa shape index (κ2) is 9.22. The lowest BCUT2D eigenvalue weighted by Gasteiger charge is -2.42. The quantitative estimate of drug-likeness (QED) is 0.613. The Kier molecular flexibility index (Phi) is 5.92.